The number of carbonyl (C=O) groups is 2. The molecule has 156 valence electrons. The van der Waals surface area contributed by atoms with Crippen LogP contribution in [0.4, 0.5) is 5.82 Å². The molecule has 1 atom stereocenters. The third-order valence-corrected chi connectivity index (χ3v) is 6.09. The van der Waals surface area contributed by atoms with Gasteiger partial charge < -0.3 is 15.1 Å². The van der Waals surface area contributed by atoms with Gasteiger partial charge >= 0.3 is 0 Å². The lowest BCUT2D eigenvalue weighted by atomic mass is 9.94. The maximum absolute atomic E-state index is 12.4. The van der Waals surface area contributed by atoms with E-state index in [-0.39, 0.29) is 17.7 Å². The second-order valence-electron chi connectivity index (χ2n) is 8.37. The second-order valence-corrected chi connectivity index (χ2v) is 8.37. The number of anilines is 1. The van der Waals surface area contributed by atoms with Gasteiger partial charge in [-0.1, -0.05) is 12.2 Å². The summed E-state index contributed by atoms with van der Waals surface area (Å²) in [5, 5.41) is 3.09. The van der Waals surface area contributed by atoms with Crippen LogP contribution in [0.25, 0.3) is 0 Å². The van der Waals surface area contributed by atoms with Gasteiger partial charge in [0.05, 0.1) is 0 Å². The maximum atomic E-state index is 12.4. The number of carbonyl (C=O) groups excluding carboxylic acids is 2. The first-order valence-electron chi connectivity index (χ1n) is 10.9. The molecule has 29 heavy (non-hydrogen) atoms. The molecule has 2 fully saturated rings. The van der Waals surface area contributed by atoms with Crippen molar-refractivity contribution in [2.45, 2.75) is 51.4 Å². The molecule has 7 heteroatoms. The van der Waals surface area contributed by atoms with E-state index in [1.807, 2.05) is 4.90 Å². The number of allylic oxidation sites excluding steroid dienone is 2. The van der Waals surface area contributed by atoms with E-state index in [9.17, 15) is 9.59 Å². The van der Waals surface area contributed by atoms with E-state index in [0.29, 0.717) is 12.5 Å². The number of amides is 2. The fourth-order valence-electron chi connectivity index (χ4n) is 4.06. The van der Waals surface area contributed by atoms with E-state index in [1.165, 1.54) is 0 Å². The molecule has 0 spiro atoms. The lowest BCUT2D eigenvalue weighted by molar-refractivity contribution is -0.129. The molecule has 2 aliphatic carbocycles. The Morgan fingerprint density at radius 2 is 1.90 bits per heavy atom. The summed E-state index contributed by atoms with van der Waals surface area (Å²) in [4.78, 5) is 37.7. The highest BCUT2D eigenvalue weighted by atomic mass is 16.2. The summed E-state index contributed by atoms with van der Waals surface area (Å²) in [5.41, 5.74) is 0.995. The van der Waals surface area contributed by atoms with Gasteiger partial charge in [0, 0.05) is 69.7 Å². The topological polar surface area (TPSA) is 78.4 Å². The molecular formula is C22H31N5O2. The van der Waals surface area contributed by atoms with Gasteiger partial charge in [-0.05, 0) is 32.1 Å². The van der Waals surface area contributed by atoms with Crippen molar-refractivity contribution >= 4 is 17.6 Å². The summed E-state index contributed by atoms with van der Waals surface area (Å²) < 4.78 is 0. The molecule has 0 bridgehead atoms. The van der Waals surface area contributed by atoms with Crippen LogP contribution in [0.15, 0.2) is 18.2 Å². The van der Waals surface area contributed by atoms with Crippen molar-refractivity contribution in [2.24, 2.45) is 5.92 Å². The molecule has 2 amide bonds. The zero-order valence-electron chi connectivity index (χ0n) is 17.3. The van der Waals surface area contributed by atoms with Crippen LogP contribution in [0.2, 0.25) is 0 Å². The number of piperazine rings is 1. The minimum atomic E-state index is 0.112. The monoisotopic (exact) mass is 397 g/mol. The minimum absolute atomic E-state index is 0.112. The molecule has 0 radical (unpaired) electrons. The Bertz CT molecular complexity index is 781. The fraction of sp³-hybridized carbons (Fsp3) is 0.636. The molecule has 1 aliphatic heterocycles. The third kappa shape index (κ3) is 5.14. The normalized spacial score (nSPS) is 21.9. The summed E-state index contributed by atoms with van der Waals surface area (Å²) in [6, 6.07) is 2.06. The lowest BCUT2D eigenvalue weighted by Gasteiger charge is -2.35. The number of nitrogens with zero attached hydrogens (tertiary/aromatic N) is 4. The number of hydrogen-bond acceptors (Lipinski definition) is 5. The van der Waals surface area contributed by atoms with Crippen LogP contribution in [-0.2, 0) is 16.0 Å². The first kappa shape index (κ1) is 19.9. The predicted octanol–water partition coefficient (Wildman–Crippen LogP) is 2.04. The van der Waals surface area contributed by atoms with Crippen molar-refractivity contribution in [1.82, 2.24) is 20.2 Å². The van der Waals surface area contributed by atoms with Crippen LogP contribution < -0.4 is 10.2 Å². The second kappa shape index (κ2) is 8.93. The lowest BCUT2D eigenvalue weighted by Crippen LogP contribution is -2.48. The van der Waals surface area contributed by atoms with Crippen LogP contribution in [0.1, 0.15) is 56.5 Å². The highest BCUT2D eigenvalue weighted by Gasteiger charge is 2.29. The largest absolute Gasteiger partial charge is 0.355 e. The first-order valence-corrected chi connectivity index (χ1v) is 10.9. The Morgan fingerprint density at radius 1 is 1.10 bits per heavy atom. The first-order chi connectivity index (χ1) is 14.1. The van der Waals surface area contributed by atoms with E-state index in [2.05, 4.69) is 28.4 Å². The molecule has 1 aromatic heterocycles. The molecule has 1 aromatic rings. The van der Waals surface area contributed by atoms with E-state index >= 15 is 0 Å². The van der Waals surface area contributed by atoms with E-state index < -0.39 is 0 Å². The quantitative estimate of drug-likeness (QED) is 0.743. The van der Waals surface area contributed by atoms with Crippen LogP contribution in [0, 0.1) is 5.92 Å². The van der Waals surface area contributed by atoms with Gasteiger partial charge in [0.15, 0.2) is 0 Å². The van der Waals surface area contributed by atoms with Gasteiger partial charge in [-0.3, -0.25) is 9.59 Å². The fourth-order valence-corrected chi connectivity index (χ4v) is 4.06. The van der Waals surface area contributed by atoms with Gasteiger partial charge in [0.2, 0.25) is 11.8 Å². The van der Waals surface area contributed by atoms with Crippen LogP contribution in [-0.4, -0.2) is 59.4 Å². The van der Waals surface area contributed by atoms with Crippen molar-refractivity contribution in [1.29, 1.82) is 0 Å². The number of rotatable bonds is 6. The molecule has 2 heterocycles. The molecule has 1 N–H and O–H groups in total. The zero-order valence-corrected chi connectivity index (χ0v) is 17.3. The Kier molecular flexibility index (Phi) is 6.11. The van der Waals surface area contributed by atoms with Gasteiger partial charge in [0.25, 0.3) is 0 Å². The van der Waals surface area contributed by atoms with E-state index in [1.54, 1.807) is 6.92 Å². The number of aromatic nitrogens is 2. The number of hydrogen-bond donors (Lipinski definition) is 1. The average molecular weight is 398 g/mol. The Balaban J connectivity index is 1.37. The van der Waals surface area contributed by atoms with E-state index in [4.69, 9.17) is 9.97 Å². The third-order valence-electron chi connectivity index (χ3n) is 6.09. The molecule has 4 rings (SSSR count). The van der Waals surface area contributed by atoms with Gasteiger partial charge in [0.1, 0.15) is 11.6 Å². The van der Waals surface area contributed by atoms with Crippen LogP contribution >= 0.6 is 0 Å². The Hall–Kier alpha value is -2.44. The highest BCUT2D eigenvalue weighted by Crippen LogP contribution is 2.38. The summed E-state index contributed by atoms with van der Waals surface area (Å²) in [5.74, 6) is 2.79. The van der Waals surface area contributed by atoms with Gasteiger partial charge in [-0.2, -0.15) is 0 Å². The molecule has 7 nitrogen and oxygen atoms in total. The molecule has 0 aromatic carbocycles. The smallest absolute Gasteiger partial charge is 0.223 e. The molecule has 0 unspecified atom stereocenters. The highest BCUT2D eigenvalue weighted by molar-refractivity contribution is 5.79. The summed E-state index contributed by atoms with van der Waals surface area (Å²) in [6.07, 6.45) is 10.1. The summed E-state index contributed by atoms with van der Waals surface area (Å²) in [6.45, 7) is 5.30. The van der Waals surface area contributed by atoms with Crippen LogP contribution in [0.5, 0.6) is 0 Å². The molecule has 1 saturated heterocycles. The SMILES string of the molecule is CC(=O)N1CCN(c2cc(CCNC(=O)[C@@H]3CC=CCC3)nc(C3CC3)n2)CC1. The van der Waals surface area contributed by atoms with E-state index in [0.717, 1.165) is 82.0 Å². The maximum Gasteiger partial charge on any atom is 0.223 e. The standard InChI is InChI=1S/C22H31N5O2/c1-16(28)26-11-13-27(14-12-26)20-15-19(24-21(25-20)17-7-8-17)9-10-23-22(29)18-5-3-2-4-6-18/h2-3,15,17-18H,4-14H2,1H3,(H,23,29)/t18-/m1/s1. The minimum Gasteiger partial charge on any atom is -0.355 e. The Morgan fingerprint density at radius 3 is 2.55 bits per heavy atom. The van der Waals surface area contributed by atoms with Crippen molar-refractivity contribution in [3.8, 4) is 0 Å². The predicted molar refractivity (Wildman–Crippen MR) is 112 cm³/mol. The molecule has 1 saturated carbocycles. The number of nitrogens with one attached hydrogen (secondary N) is 1. The average Bonchev–Trinajstić information content (AvgIpc) is 3.60. The van der Waals surface area contributed by atoms with Gasteiger partial charge in [-0.15, -0.1) is 0 Å². The van der Waals surface area contributed by atoms with Crippen molar-refractivity contribution in [2.75, 3.05) is 37.6 Å². The van der Waals surface area contributed by atoms with Crippen molar-refractivity contribution < 1.29 is 9.59 Å². The van der Waals surface area contributed by atoms with Gasteiger partial charge in [-0.25, -0.2) is 9.97 Å². The Labute approximate surface area is 172 Å². The summed E-state index contributed by atoms with van der Waals surface area (Å²) >= 11 is 0. The van der Waals surface area contributed by atoms with Crippen molar-refractivity contribution in [3.05, 3.63) is 29.7 Å². The summed E-state index contributed by atoms with van der Waals surface area (Å²) in [7, 11) is 0. The molecular weight excluding hydrogens is 366 g/mol. The van der Waals surface area contributed by atoms with Crippen molar-refractivity contribution in [3.63, 3.8) is 0 Å². The van der Waals surface area contributed by atoms with Crippen LogP contribution in [0.3, 0.4) is 0 Å². The zero-order chi connectivity index (χ0) is 20.2. The molecule has 3 aliphatic rings.